The summed E-state index contributed by atoms with van der Waals surface area (Å²) in [5.41, 5.74) is 4.39. The van der Waals surface area contributed by atoms with Gasteiger partial charge in [-0.25, -0.2) is 0 Å². The molecule has 0 atom stereocenters. The first-order valence-electron chi connectivity index (χ1n) is 8.80. The number of hydrogen-bond donors (Lipinski definition) is 1. The molecule has 9 nitrogen and oxygen atoms in total. The highest BCUT2D eigenvalue weighted by Gasteiger charge is 2.20. The van der Waals surface area contributed by atoms with Crippen molar-refractivity contribution >= 4 is 34.4 Å². The summed E-state index contributed by atoms with van der Waals surface area (Å²) in [5, 5.41) is 27.2. The van der Waals surface area contributed by atoms with Crippen LogP contribution in [0.25, 0.3) is 0 Å². The normalized spacial score (nSPS) is 10.8. The lowest BCUT2D eigenvalue weighted by Gasteiger charge is -2.07. The van der Waals surface area contributed by atoms with Gasteiger partial charge in [0.2, 0.25) is 0 Å². The molecular weight excluding hydrogens is 490 g/mol. The highest BCUT2D eigenvalue weighted by Crippen LogP contribution is 2.29. The van der Waals surface area contributed by atoms with Crippen LogP contribution in [0.2, 0.25) is 5.02 Å². The van der Waals surface area contributed by atoms with E-state index in [9.17, 15) is 20.2 Å². The molecule has 0 unspecified atom stereocenters. The fourth-order valence-electron chi connectivity index (χ4n) is 2.65. The van der Waals surface area contributed by atoms with Crippen LogP contribution in [0.1, 0.15) is 11.1 Å². The standard InChI is InChI=1S/C20H17ClN5O4.BrH/c1-14-8-10-24(11-9-14)13-19(15-2-4-16(21)5-3-15)23-22-18-7-6-17(25(27)28)12-20(18)26(29)30;/h2-12,22H,13H2,1H3;1H/q+1;/p-1/b23-19-;. The maximum absolute atomic E-state index is 11.3. The van der Waals surface area contributed by atoms with E-state index in [1.54, 1.807) is 24.3 Å². The van der Waals surface area contributed by atoms with Crippen molar-refractivity contribution in [3.63, 3.8) is 0 Å². The number of anilines is 1. The second-order valence-electron chi connectivity index (χ2n) is 6.44. The number of halogens is 2. The van der Waals surface area contributed by atoms with Gasteiger partial charge in [0, 0.05) is 28.8 Å². The number of rotatable bonds is 7. The molecule has 2 aromatic carbocycles. The van der Waals surface area contributed by atoms with Gasteiger partial charge < -0.3 is 17.0 Å². The number of nitrogens with one attached hydrogen (secondary N) is 1. The Hall–Kier alpha value is -3.37. The summed E-state index contributed by atoms with van der Waals surface area (Å²) in [4.78, 5) is 20.9. The van der Waals surface area contributed by atoms with Gasteiger partial charge in [-0.1, -0.05) is 23.7 Å². The molecule has 0 fully saturated rings. The molecular formula is C20H17BrClN5O4. The third-order valence-electron chi connectivity index (χ3n) is 4.27. The van der Waals surface area contributed by atoms with Crippen molar-refractivity contribution in [1.29, 1.82) is 0 Å². The number of hydrogen-bond acceptors (Lipinski definition) is 6. The van der Waals surface area contributed by atoms with Crippen LogP contribution in [0, 0.1) is 27.2 Å². The van der Waals surface area contributed by atoms with Gasteiger partial charge in [0.05, 0.1) is 15.9 Å². The average molecular weight is 507 g/mol. The zero-order chi connectivity index (χ0) is 21.7. The Balaban J connectivity index is 0.00000341. The Bertz CT molecular complexity index is 1120. The first kappa shape index (κ1) is 23.9. The molecule has 0 aliphatic rings. The second kappa shape index (κ2) is 10.6. The van der Waals surface area contributed by atoms with E-state index in [2.05, 4.69) is 10.5 Å². The molecule has 160 valence electrons. The van der Waals surface area contributed by atoms with Gasteiger partial charge in [-0.2, -0.15) is 9.67 Å². The maximum atomic E-state index is 11.3. The van der Waals surface area contributed by atoms with Gasteiger partial charge in [-0.15, -0.1) is 0 Å². The van der Waals surface area contributed by atoms with Crippen molar-refractivity contribution in [1.82, 2.24) is 0 Å². The summed E-state index contributed by atoms with van der Waals surface area (Å²) in [6.45, 7) is 2.36. The zero-order valence-corrected chi connectivity index (χ0v) is 18.6. The molecule has 31 heavy (non-hydrogen) atoms. The van der Waals surface area contributed by atoms with Gasteiger partial charge in [0.25, 0.3) is 5.69 Å². The number of aryl methyl sites for hydroxylation is 1. The lowest BCUT2D eigenvalue weighted by Crippen LogP contribution is -3.00. The Morgan fingerprint density at radius 1 is 1.03 bits per heavy atom. The molecule has 0 radical (unpaired) electrons. The molecule has 1 N–H and O–H groups in total. The third kappa shape index (κ3) is 6.30. The molecule has 11 heteroatoms. The van der Waals surface area contributed by atoms with E-state index in [0.717, 1.165) is 17.2 Å². The Morgan fingerprint density at radius 3 is 2.26 bits per heavy atom. The van der Waals surface area contributed by atoms with E-state index in [4.69, 9.17) is 11.6 Å². The number of nitro benzene ring substituents is 2. The summed E-state index contributed by atoms with van der Waals surface area (Å²) in [6.07, 6.45) is 3.80. The topological polar surface area (TPSA) is 115 Å². The van der Waals surface area contributed by atoms with Crippen LogP contribution in [-0.2, 0) is 6.54 Å². The molecule has 0 saturated carbocycles. The highest BCUT2D eigenvalue weighted by molar-refractivity contribution is 6.30. The predicted octanol–water partition coefficient (Wildman–Crippen LogP) is 1.27. The van der Waals surface area contributed by atoms with Crippen LogP contribution in [0.4, 0.5) is 17.1 Å². The van der Waals surface area contributed by atoms with Crippen molar-refractivity contribution in [2.45, 2.75) is 13.5 Å². The smallest absolute Gasteiger partial charge is 0.301 e. The number of benzene rings is 2. The number of aromatic nitrogens is 1. The quantitative estimate of drug-likeness (QED) is 0.224. The Morgan fingerprint density at radius 2 is 1.68 bits per heavy atom. The van der Waals surface area contributed by atoms with Crippen molar-refractivity contribution in [3.05, 3.63) is 103 Å². The average Bonchev–Trinajstić information content (AvgIpc) is 2.73. The fraction of sp³-hybridized carbons (Fsp3) is 0.100. The van der Waals surface area contributed by atoms with Crippen molar-refractivity contribution in [3.8, 4) is 0 Å². The van der Waals surface area contributed by atoms with Gasteiger partial charge >= 0.3 is 5.69 Å². The SMILES string of the molecule is Cc1cc[n+](C/C(=N/Nc2ccc([N+](=O)[O-])cc2[N+](=O)[O-])c2ccc(Cl)cc2)cc1.[Br-]. The van der Waals surface area contributed by atoms with Gasteiger partial charge in [-0.3, -0.25) is 25.7 Å². The molecule has 3 aromatic rings. The van der Waals surface area contributed by atoms with Crippen LogP contribution >= 0.6 is 11.6 Å². The van der Waals surface area contributed by atoms with Crippen LogP contribution < -0.4 is 27.0 Å². The number of hydrazone groups is 1. The minimum absolute atomic E-state index is 0. The second-order valence-corrected chi connectivity index (χ2v) is 6.88. The first-order chi connectivity index (χ1) is 14.3. The third-order valence-corrected chi connectivity index (χ3v) is 4.52. The molecule has 0 amide bonds. The molecule has 1 aromatic heterocycles. The Labute approximate surface area is 193 Å². The van der Waals surface area contributed by atoms with Crippen LogP contribution in [0.5, 0.6) is 0 Å². The van der Waals surface area contributed by atoms with E-state index in [-0.39, 0.29) is 28.4 Å². The van der Waals surface area contributed by atoms with E-state index < -0.39 is 15.5 Å². The van der Waals surface area contributed by atoms with Crippen LogP contribution in [0.3, 0.4) is 0 Å². The summed E-state index contributed by atoms with van der Waals surface area (Å²) >= 11 is 5.97. The summed E-state index contributed by atoms with van der Waals surface area (Å²) in [7, 11) is 0. The van der Waals surface area contributed by atoms with E-state index >= 15 is 0 Å². The summed E-state index contributed by atoms with van der Waals surface area (Å²) in [6, 6.07) is 14.3. The van der Waals surface area contributed by atoms with E-state index in [1.807, 2.05) is 36.0 Å². The largest absolute Gasteiger partial charge is 1.00 e. The summed E-state index contributed by atoms with van der Waals surface area (Å²) < 4.78 is 1.91. The number of non-ortho nitro benzene ring substituents is 1. The van der Waals surface area contributed by atoms with E-state index in [1.165, 1.54) is 12.1 Å². The van der Waals surface area contributed by atoms with Crippen molar-refractivity contribution in [2.75, 3.05) is 5.43 Å². The molecule has 0 bridgehead atoms. The minimum atomic E-state index is -0.693. The van der Waals surface area contributed by atoms with Crippen molar-refractivity contribution in [2.24, 2.45) is 5.10 Å². The van der Waals surface area contributed by atoms with Crippen LogP contribution in [-0.4, -0.2) is 15.6 Å². The maximum Gasteiger partial charge on any atom is 0.301 e. The number of pyridine rings is 1. The molecule has 0 aliphatic carbocycles. The molecule has 3 rings (SSSR count). The van der Waals surface area contributed by atoms with Gasteiger partial charge in [0.1, 0.15) is 11.4 Å². The molecule has 0 spiro atoms. The van der Waals surface area contributed by atoms with Crippen LogP contribution in [0.15, 0.2) is 72.1 Å². The number of nitrogens with zero attached hydrogens (tertiary/aromatic N) is 4. The fourth-order valence-corrected chi connectivity index (χ4v) is 2.78. The lowest BCUT2D eigenvalue weighted by atomic mass is 10.1. The van der Waals surface area contributed by atoms with Gasteiger partial charge in [0.15, 0.2) is 18.9 Å². The Kier molecular flexibility index (Phi) is 8.17. The molecule has 1 heterocycles. The summed E-state index contributed by atoms with van der Waals surface area (Å²) in [5.74, 6) is 0. The number of nitro groups is 2. The first-order valence-corrected chi connectivity index (χ1v) is 9.18. The lowest BCUT2D eigenvalue weighted by molar-refractivity contribution is -0.681. The molecule has 0 saturated heterocycles. The van der Waals surface area contributed by atoms with E-state index in [0.29, 0.717) is 17.3 Å². The predicted molar refractivity (Wildman–Crippen MR) is 113 cm³/mol. The van der Waals surface area contributed by atoms with Gasteiger partial charge in [-0.05, 0) is 30.7 Å². The monoisotopic (exact) mass is 505 g/mol. The molecule has 0 aliphatic heterocycles. The highest BCUT2D eigenvalue weighted by atomic mass is 79.9. The van der Waals surface area contributed by atoms with Crippen molar-refractivity contribution < 1.29 is 31.4 Å². The minimum Gasteiger partial charge on any atom is -1.00 e. The zero-order valence-electron chi connectivity index (χ0n) is 16.2.